The Morgan fingerprint density at radius 1 is 1.22 bits per heavy atom. The Kier molecular flexibility index (Phi) is 6.13. The number of anilines is 1. The molecule has 102 valence electrons. The first-order chi connectivity index (χ1) is 8.58. The first kappa shape index (κ1) is 15.0. The average Bonchev–Trinajstić information content (AvgIpc) is 2.33. The van der Waals surface area contributed by atoms with E-state index in [1.165, 1.54) is 5.56 Å². The topological polar surface area (TPSA) is 28.2 Å². The summed E-state index contributed by atoms with van der Waals surface area (Å²) in [5.74, 6) is 1.78. The number of nitrogens with one attached hydrogen (secondary N) is 1. The summed E-state index contributed by atoms with van der Waals surface area (Å²) in [6.45, 7) is 14.9. The zero-order chi connectivity index (χ0) is 13.5. The van der Waals surface area contributed by atoms with Gasteiger partial charge in [0.1, 0.15) is 5.82 Å². The molecule has 0 atom stereocenters. The van der Waals surface area contributed by atoms with Crippen molar-refractivity contribution in [3.63, 3.8) is 0 Å². The van der Waals surface area contributed by atoms with Crippen LogP contribution in [0.25, 0.3) is 0 Å². The molecule has 0 amide bonds. The molecule has 18 heavy (non-hydrogen) atoms. The molecule has 0 radical (unpaired) electrons. The molecule has 0 saturated heterocycles. The van der Waals surface area contributed by atoms with Gasteiger partial charge in [-0.2, -0.15) is 0 Å². The van der Waals surface area contributed by atoms with Gasteiger partial charge in [-0.1, -0.05) is 19.9 Å². The molecule has 1 N–H and O–H groups in total. The van der Waals surface area contributed by atoms with Gasteiger partial charge in [0, 0.05) is 25.3 Å². The molecule has 1 heterocycles. The molecular weight excluding hydrogens is 222 g/mol. The quantitative estimate of drug-likeness (QED) is 0.805. The first-order valence-electron chi connectivity index (χ1n) is 7.00. The summed E-state index contributed by atoms with van der Waals surface area (Å²) in [7, 11) is 0. The summed E-state index contributed by atoms with van der Waals surface area (Å²) in [5, 5.41) is 3.47. The zero-order valence-corrected chi connectivity index (χ0v) is 12.5. The molecule has 3 heteroatoms. The van der Waals surface area contributed by atoms with Crippen LogP contribution in [0.3, 0.4) is 0 Å². The van der Waals surface area contributed by atoms with Gasteiger partial charge in [-0.05, 0) is 44.9 Å². The fourth-order valence-electron chi connectivity index (χ4n) is 1.98. The van der Waals surface area contributed by atoms with Crippen molar-refractivity contribution in [1.82, 2.24) is 10.3 Å². The maximum Gasteiger partial charge on any atom is 0.128 e. The van der Waals surface area contributed by atoms with Crippen molar-refractivity contribution in [3.05, 3.63) is 23.4 Å². The third-order valence-corrected chi connectivity index (χ3v) is 3.14. The predicted molar refractivity (Wildman–Crippen MR) is 79.1 cm³/mol. The normalized spacial score (nSPS) is 11.0. The summed E-state index contributed by atoms with van der Waals surface area (Å²) >= 11 is 0. The lowest BCUT2D eigenvalue weighted by molar-refractivity contribution is 0.551. The van der Waals surface area contributed by atoms with Crippen LogP contribution < -0.4 is 10.2 Å². The second-order valence-electron chi connectivity index (χ2n) is 5.11. The minimum atomic E-state index is 0.688. The molecule has 0 aromatic carbocycles. The number of hydrogen-bond donors (Lipinski definition) is 1. The van der Waals surface area contributed by atoms with Crippen LogP contribution in [0.5, 0.6) is 0 Å². The van der Waals surface area contributed by atoms with Crippen LogP contribution in [0.1, 0.15) is 39.0 Å². The second kappa shape index (κ2) is 7.37. The molecule has 0 aliphatic rings. The van der Waals surface area contributed by atoms with Gasteiger partial charge in [0.05, 0.1) is 0 Å². The minimum Gasteiger partial charge on any atom is -0.357 e. The molecule has 0 unspecified atom stereocenters. The van der Waals surface area contributed by atoms with Crippen molar-refractivity contribution in [1.29, 1.82) is 0 Å². The molecule has 3 nitrogen and oxygen atoms in total. The molecule has 0 spiro atoms. The minimum absolute atomic E-state index is 0.688. The van der Waals surface area contributed by atoms with Gasteiger partial charge in [-0.15, -0.1) is 0 Å². The van der Waals surface area contributed by atoms with Crippen LogP contribution in [-0.2, 0) is 6.54 Å². The summed E-state index contributed by atoms with van der Waals surface area (Å²) in [6.07, 6.45) is 0. The van der Waals surface area contributed by atoms with Crippen LogP contribution >= 0.6 is 0 Å². The van der Waals surface area contributed by atoms with Gasteiger partial charge in [-0.25, -0.2) is 4.98 Å². The molecule has 0 bridgehead atoms. The smallest absolute Gasteiger partial charge is 0.128 e. The van der Waals surface area contributed by atoms with E-state index in [2.05, 4.69) is 57.0 Å². The van der Waals surface area contributed by atoms with Crippen LogP contribution in [0, 0.1) is 12.8 Å². The Balaban J connectivity index is 2.67. The lowest BCUT2D eigenvalue weighted by Crippen LogP contribution is -2.24. The standard InChI is InChI=1S/C15H27N3/c1-6-18(7-2)15-9-8-14(13(5)17-15)11-16-10-12(3)4/h8-9,12,16H,6-7,10-11H2,1-5H3. The van der Waals surface area contributed by atoms with E-state index in [1.54, 1.807) is 0 Å². The lowest BCUT2D eigenvalue weighted by Gasteiger charge is -2.21. The van der Waals surface area contributed by atoms with E-state index in [-0.39, 0.29) is 0 Å². The van der Waals surface area contributed by atoms with Crippen molar-refractivity contribution in [3.8, 4) is 0 Å². The molecule has 1 aromatic heterocycles. The number of aromatic nitrogens is 1. The largest absolute Gasteiger partial charge is 0.357 e. The zero-order valence-electron chi connectivity index (χ0n) is 12.5. The Morgan fingerprint density at radius 2 is 1.89 bits per heavy atom. The Morgan fingerprint density at radius 3 is 2.39 bits per heavy atom. The highest BCUT2D eigenvalue weighted by atomic mass is 15.2. The van der Waals surface area contributed by atoms with Gasteiger partial charge in [0.25, 0.3) is 0 Å². The number of hydrogen-bond acceptors (Lipinski definition) is 3. The highest BCUT2D eigenvalue weighted by Gasteiger charge is 2.06. The second-order valence-corrected chi connectivity index (χ2v) is 5.11. The lowest BCUT2D eigenvalue weighted by atomic mass is 10.2. The van der Waals surface area contributed by atoms with Gasteiger partial charge >= 0.3 is 0 Å². The molecule has 0 fully saturated rings. The van der Waals surface area contributed by atoms with E-state index >= 15 is 0 Å². The molecule has 0 saturated carbocycles. The van der Waals surface area contributed by atoms with E-state index in [9.17, 15) is 0 Å². The van der Waals surface area contributed by atoms with Crippen LogP contribution in [0.4, 0.5) is 5.82 Å². The van der Waals surface area contributed by atoms with Crippen molar-refractivity contribution in [2.24, 2.45) is 5.92 Å². The fraction of sp³-hybridized carbons (Fsp3) is 0.667. The van der Waals surface area contributed by atoms with Crippen LogP contribution in [-0.4, -0.2) is 24.6 Å². The number of nitrogens with zero attached hydrogens (tertiary/aromatic N) is 2. The van der Waals surface area contributed by atoms with E-state index in [0.717, 1.165) is 37.7 Å². The Labute approximate surface area is 112 Å². The van der Waals surface area contributed by atoms with Crippen molar-refractivity contribution >= 4 is 5.82 Å². The molecular formula is C15H27N3. The summed E-state index contributed by atoms with van der Waals surface area (Å²) in [5.41, 5.74) is 2.43. The molecule has 0 aliphatic heterocycles. The van der Waals surface area contributed by atoms with E-state index < -0.39 is 0 Å². The van der Waals surface area contributed by atoms with Crippen molar-refractivity contribution in [2.45, 2.75) is 41.2 Å². The summed E-state index contributed by atoms with van der Waals surface area (Å²) in [6, 6.07) is 4.33. The first-order valence-corrected chi connectivity index (χ1v) is 7.00. The van der Waals surface area contributed by atoms with E-state index in [1.807, 2.05) is 0 Å². The highest BCUT2D eigenvalue weighted by Crippen LogP contribution is 2.14. The molecule has 1 aromatic rings. The maximum absolute atomic E-state index is 4.70. The molecule has 0 aliphatic carbocycles. The average molecular weight is 249 g/mol. The van der Waals surface area contributed by atoms with Gasteiger partial charge in [0.2, 0.25) is 0 Å². The predicted octanol–water partition coefficient (Wildman–Crippen LogP) is 2.98. The monoisotopic (exact) mass is 249 g/mol. The summed E-state index contributed by atoms with van der Waals surface area (Å²) in [4.78, 5) is 6.97. The Hall–Kier alpha value is -1.09. The van der Waals surface area contributed by atoms with Crippen LogP contribution in [0.15, 0.2) is 12.1 Å². The van der Waals surface area contributed by atoms with Crippen molar-refractivity contribution < 1.29 is 0 Å². The number of rotatable bonds is 7. The maximum atomic E-state index is 4.70. The van der Waals surface area contributed by atoms with Crippen LogP contribution in [0.2, 0.25) is 0 Å². The highest BCUT2D eigenvalue weighted by molar-refractivity contribution is 5.41. The van der Waals surface area contributed by atoms with E-state index in [4.69, 9.17) is 4.98 Å². The SMILES string of the molecule is CCN(CC)c1ccc(CNCC(C)C)c(C)n1. The van der Waals surface area contributed by atoms with E-state index in [0.29, 0.717) is 5.92 Å². The van der Waals surface area contributed by atoms with Gasteiger partial charge in [-0.3, -0.25) is 0 Å². The summed E-state index contributed by atoms with van der Waals surface area (Å²) < 4.78 is 0. The third kappa shape index (κ3) is 4.30. The van der Waals surface area contributed by atoms with Gasteiger partial charge < -0.3 is 10.2 Å². The fourth-order valence-corrected chi connectivity index (χ4v) is 1.98. The molecule has 1 rings (SSSR count). The number of aryl methyl sites for hydroxylation is 1. The third-order valence-electron chi connectivity index (χ3n) is 3.14. The number of pyridine rings is 1. The van der Waals surface area contributed by atoms with Gasteiger partial charge in [0.15, 0.2) is 0 Å². The van der Waals surface area contributed by atoms with Crippen molar-refractivity contribution in [2.75, 3.05) is 24.5 Å². The Bertz CT molecular complexity index is 357.